The van der Waals surface area contributed by atoms with Crippen LogP contribution in [0.25, 0.3) is 10.9 Å². The highest BCUT2D eigenvalue weighted by atomic mass is 16.3. The van der Waals surface area contributed by atoms with Gasteiger partial charge in [0.1, 0.15) is 60.1 Å². The minimum Gasteiger partial charge on any atom is -0.508 e. The van der Waals surface area contributed by atoms with Crippen molar-refractivity contribution >= 4 is 75.9 Å². The number of phenols is 1. The van der Waals surface area contributed by atoms with Crippen LogP contribution in [0.15, 0.2) is 72.2 Å². The number of nitrogens with one attached hydrogen (secondary N) is 11. The summed E-state index contributed by atoms with van der Waals surface area (Å²) in [6.45, 7) is 8.82. The number of fused-ring (bicyclic) bond motifs is 1. The standard InChI is InChI=1S/C59H84N16O12/c1-6-63-57(86)48-14-10-22-75(48)58(87)41(13-9-21-64-59(60)61)68-51(80)42(23-32(2)3)69-52(81)43(24-33(4)5)70-53(82)44(25-34-15-17-37(77)18-16-34)71-56(85)47(30-76)74-54(83)45(26-35-28-65-39-12-8-7-11-38(35)39)72-55(84)46(27-36-29-62-31-66-36)73-50(79)40-19-20-49(78)67-40/h7-8,11-12,15-18,28-29,31-33,40-48,65,76-77H,6,9-10,13-14,19-27,30H2,1-5H3,(H,62,66)(H,63,86)(H,67,78)(H,68,80)(H,69,81)(H,70,82)(H,71,85)(H,72,84)(H,73,79)(H,74,83)(H4,60,61,64)/t40-,41-,42-,43+,44-,45-,46-,47+,48-/m0/s1. The summed E-state index contributed by atoms with van der Waals surface area (Å²) in [4.78, 5) is 155. The molecule has 87 heavy (non-hydrogen) atoms. The number of likely N-dealkylation sites (tertiary alicyclic amines) is 1. The van der Waals surface area contributed by atoms with Crippen LogP contribution in [-0.2, 0) is 67.2 Å². The Kier molecular flexibility index (Phi) is 25.0. The normalized spacial score (nSPS) is 17.1. The van der Waals surface area contributed by atoms with Gasteiger partial charge in [0.05, 0.1) is 12.9 Å². The van der Waals surface area contributed by atoms with Crippen LogP contribution >= 0.6 is 0 Å². The molecule has 0 bridgehead atoms. The van der Waals surface area contributed by atoms with Gasteiger partial charge in [0, 0.05) is 74.3 Å². The maximum Gasteiger partial charge on any atom is 0.245 e. The number of para-hydroxylation sites is 1. The van der Waals surface area contributed by atoms with Crippen LogP contribution in [0, 0.1) is 11.8 Å². The van der Waals surface area contributed by atoms with Gasteiger partial charge < -0.3 is 84.4 Å². The third-order valence-corrected chi connectivity index (χ3v) is 14.9. The van der Waals surface area contributed by atoms with Gasteiger partial charge in [-0.2, -0.15) is 0 Å². The molecule has 0 aliphatic carbocycles. The molecule has 0 unspecified atom stereocenters. The molecule has 4 aromatic rings. The molecule has 472 valence electrons. The fourth-order valence-corrected chi connectivity index (χ4v) is 10.5. The Balaban J connectivity index is 1.22. The van der Waals surface area contributed by atoms with Gasteiger partial charge in [0.25, 0.3) is 0 Å². The van der Waals surface area contributed by atoms with E-state index in [1.54, 1.807) is 45.2 Å². The Morgan fingerprint density at radius 1 is 0.701 bits per heavy atom. The smallest absolute Gasteiger partial charge is 0.245 e. The monoisotopic (exact) mass is 1210 g/mol. The first-order chi connectivity index (χ1) is 41.5. The zero-order valence-corrected chi connectivity index (χ0v) is 49.8. The molecule has 0 saturated carbocycles. The number of carbonyl (C=O) groups is 10. The molecule has 2 fully saturated rings. The zero-order valence-electron chi connectivity index (χ0n) is 49.8. The van der Waals surface area contributed by atoms with Crippen molar-refractivity contribution in [1.82, 2.24) is 67.7 Å². The number of carbonyl (C=O) groups excluding carboxylic acids is 10. The molecule has 17 N–H and O–H groups in total. The summed E-state index contributed by atoms with van der Waals surface area (Å²) < 4.78 is 0. The van der Waals surface area contributed by atoms with Gasteiger partial charge in [-0.3, -0.25) is 52.9 Å². The van der Waals surface area contributed by atoms with Crippen LogP contribution in [0.5, 0.6) is 5.75 Å². The number of phenolic OH excluding ortho intramolecular Hbond substituents is 1. The quantitative estimate of drug-likeness (QED) is 0.0151. The molecule has 2 aliphatic rings. The first-order valence-corrected chi connectivity index (χ1v) is 29.5. The number of hydrogen-bond acceptors (Lipinski definition) is 14. The van der Waals surface area contributed by atoms with Gasteiger partial charge in [0.2, 0.25) is 59.1 Å². The van der Waals surface area contributed by atoms with E-state index in [1.165, 1.54) is 41.7 Å². The van der Waals surface area contributed by atoms with Gasteiger partial charge in [0.15, 0.2) is 5.96 Å². The summed E-state index contributed by atoms with van der Waals surface area (Å²) in [6.07, 6.45) is 5.80. The molecule has 2 aliphatic heterocycles. The summed E-state index contributed by atoms with van der Waals surface area (Å²) in [5.41, 5.74) is 13.3. The molecule has 2 aromatic carbocycles. The lowest BCUT2D eigenvalue weighted by atomic mass is 9.98. The predicted molar refractivity (Wildman–Crippen MR) is 320 cm³/mol. The number of nitrogens with zero attached hydrogens (tertiary/aromatic N) is 3. The van der Waals surface area contributed by atoms with E-state index < -0.39 is 108 Å². The number of aliphatic imine (C=N–C) groups is 1. The van der Waals surface area contributed by atoms with Crippen LogP contribution in [0.2, 0.25) is 0 Å². The van der Waals surface area contributed by atoms with Crippen molar-refractivity contribution in [2.24, 2.45) is 28.3 Å². The van der Waals surface area contributed by atoms with Crippen molar-refractivity contribution in [1.29, 1.82) is 0 Å². The van der Waals surface area contributed by atoms with Crippen LogP contribution in [0.4, 0.5) is 0 Å². The van der Waals surface area contributed by atoms with Gasteiger partial charge in [-0.15, -0.1) is 0 Å². The van der Waals surface area contributed by atoms with Gasteiger partial charge >= 0.3 is 0 Å². The van der Waals surface area contributed by atoms with Crippen molar-refractivity contribution in [2.45, 2.75) is 160 Å². The third-order valence-electron chi connectivity index (χ3n) is 14.9. The molecule has 0 radical (unpaired) electrons. The van der Waals surface area contributed by atoms with Crippen LogP contribution < -0.4 is 59.3 Å². The van der Waals surface area contributed by atoms with Crippen LogP contribution in [0.1, 0.15) is 103 Å². The fourth-order valence-electron chi connectivity index (χ4n) is 10.5. The number of benzene rings is 2. The second-order valence-corrected chi connectivity index (χ2v) is 22.8. The van der Waals surface area contributed by atoms with Gasteiger partial charge in [-0.25, -0.2) is 4.98 Å². The van der Waals surface area contributed by atoms with E-state index >= 15 is 0 Å². The number of nitrogens with two attached hydrogens (primary N) is 2. The first kappa shape index (κ1) is 67.1. The second-order valence-electron chi connectivity index (χ2n) is 22.8. The maximum absolute atomic E-state index is 14.7. The van der Waals surface area contributed by atoms with E-state index in [2.05, 4.69) is 67.8 Å². The minimum absolute atomic E-state index is 0.0397. The number of aromatic nitrogens is 3. The van der Waals surface area contributed by atoms with Crippen LogP contribution in [-0.4, -0.2) is 176 Å². The molecular formula is C59H84N16O12. The summed E-state index contributed by atoms with van der Waals surface area (Å²) in [7, 11) is 0. The maximum atomic E-state index is 14.7. The Morgan fingerprint density at radius 3 is 1.85 bits per heavy atom. The van der Waals surface area contributed by atoms with E-state index in [-0.39, 0.29) is 106 Å². The largest absolute Gasteiger partial charge is 0.508 e. The van der Waals surface area contributed by atoms with Crippen molar-refractivity contribution in [3.63, 3.8) is 0 Å². The molecule has 28 heteroatoms. The van der Waals surface area contributed by atoms with Crippen molar-refractivity contribution < 1.29 is 58.2 Å². The third kappa shape index (κ3) is 20.0. The summed E-state index contributed by atoms with van der Waals surface area (Å²) in [5.74, 6) is -7.55. The molecule has 4 heterocycles. The van der Waals surface area contributed by atoms with E-state index in [1.807, 2.05) is 19.9 Å². The average molecular weight is 1210 g/mol. The molecule has 6 rings (SSSR count). The number of aromatic amines is 2. The Morgan fingerprint density at radius 2 is 1.28 bits per heavy atom. The van der Waals surface area contributed by atoms with Gasteiger partial charge in [-0.05, 0) is 93.0 Å². The highest BCUT2D eigenvalue weighted by Gasteiger charge is 2.40. The summed E-state index contributed by atoms with van der Waals surface area (Å²) in [6, 6.07) is 1.58. The first-order valence-electron chi connectivity index (χ1n) is 29.5. The SMILES string of the molecule is CCNC(=O)[C@@H]1CCCN1C(=O)[C@H](CCCN=C(N)N)NC(=O)[C@H](CC(C)C)NC(=O)[C@@H](CC(C)C)NC(=O)[C@H](Cc1ccc(O)cc1)NC(=O)[C@@H](CO)NC(=O)[C@H](Cc1c[nH]c2ccccc12)NC(=O)[C@H](Cc1cnc[nH]1)NC(=O)[C@@H]1CCC(=O)N1. The molecule has 0 spiro atoms. The summed E-state index contributed by atoms with van der Waals surface area (Å²) in [5, 5.41) is 45.9. The summed E-state index contributed by atoms with van der Waals surface area (Å²) >= 11 is 0. The number of aliphatic hydroxyl groups excluding tert-OH is 1. The number of hydrogen-bond donors (Lipinski definition) is 15. The fraction of sp³-hybridized carbons (Fsp3) is 0.525. The Labute approximate surface area is 504 Å². The lowest BCUT2D eigenvalue weighted by molar-refractivity contribution is -0.142. The van der Waals surface area contributed by atoms with Crippen LogP contribution in [0.3, 0.4) is 0 Å². The highest BCUT2D eigenvalue weighted by molar-refractivity contribution is 5.99. The minimum atomic E-state index is -1.75. The topological polar surface area (TPSA) is 432 Å². The molecule has 28 nitrogen and oxygen atoms in total. The molecule has 9 atom stereocenters. The number of likely N-dealkylation sites (N-methyl/N-ethyl adjacent to an activating group) is 1. The Hall–Kier alpha value is -9.08. The van der Waals surface area contributed by atoms with E-state index in [0.29, 0.717) is 41.6 Å². The highest BCUT2D eigenvalue weighted by Crippen LogP contribution is 2.22. The number of imidazole rings is 1. The van der Waals surface area contributed by atoms with Crippen molar-refractivity contribution in [2.75, 3.05) is 26.2 Å². The number of aromatic hydroxyl groups is 1. The number of guanidine groups is 1. The average Bonchev–Trinajstić information content (AvgIpc) is 2.39. The lowest BCUT2D eigenvalue weighted by Crippen LogP contribution is -2.61. The molecular weight excluding hydrogens is 1120 g/mol. The Bertz CT molecular complexity index is 3050. The zero-order chi connectivity index (χ0) is 63.3. The molecule has 10 amide bonds. The molecule has 2 aromatic heterocycles. The van der Waals surface area contributed by atoms with Gasteiger partial charge in [-0.1, -0.05) is 58.0 Å². The van der Waals surface area contributed by atoms with Crippen molar-refractivity contribution in [3.8, 4) is 5.75 Å². The number of amides is 10. The van der Waals surface area contributed by atoms with E-state index in [0.717, 1.165) is 5.52 Å². The van der Waals surface area contributed by atoms with E-state index in [9.17, 15) is 58.2 Å². The number of H-pyrrole nitrogens is 2. The second kappa shape index (κ2) is 32.4. The lowest BCUT2D eigenvalue weighted by Gasteiger charge is -2.31. The molecule has 2 saturated heterocycles. The number of rotatable bonds is 32. The number of aliphatic hydroxyl groups is 1. The van der Waals surface area contributed by atoms with E-state index in [4.69, 9.17) is 11.5 Å². The predicted octanol–water partition coefficient (Wildman–Crippen LogP) is -1.44. The van der Waals surface area contributed by atoms with Crippen molar-refractivity contribution in [3.05, 3.63) is 84.1 Å².